The molecule has 6 heteroatoms. The first-order valence-electron chi connectivity index (χ1n) is 7.95. The van der Waals surface area contributed by atoms with Crippen molar-refractivity contribution < 1.29 is 23.1 Å². The van der Waals surface area contributed by atoms with Gasteiger partial charge in [-0.15, -0.1) is 0 Å². The molecule has 1 unspecified atom stereocenters. The molecule has 1 heterocycles. The number of ether oxygens (including phenoxy) is 1. The molecule has 4 nitrogen and oxygen atoms in total. The number of hydrogen-bond acceptors (Lipinski definition) is 3. The fourth-order valence-corrected chi connectivity index (χ4v) is 3.03. The maximum absolute atomic E-state index is 13.4. The van der Waals surface area contributed by atoms with Crippen molar-refractivity contribution in [2.45, 2.75) is 18.9 Å². The number of carbonyl (C=O) groups is 2. The Labute approximate surface area is 144 Å². The van der Waals surface area contributed by atoms with Crippen LogP contribution >= 0.6 is 0 Å². The second-order valence-electron chi connectivity index (χ2n) is 5.88. The molecule has 2 aromatic rings. The zero-order valence-corrected chi connectivity index (χ0v) is 13.7. The van der Waals surface area contributed by atoms with E-state index in [1.54, 1.807) is 24.3 Å². The molecule has 1 atom stereocenters. The summed E-state index contributed by atoms with van der Waals surface area (Å²) in [7, 11) is 1.54. The Morgan fingerprint density at radius 1 is 1.04 bits per heavy atom. The third-order valence-corrected chi connectivity index (χ3v) is 4.36. The minimum absolute atomic E-state index is 0.0355. The topological polar surface area (TPSA) is 46.6 Å². The third kappa shape index (κ3) is 3.38. The fourth-order valence-electron chi connectivity index (χ4n) is 3.03. The van der Waals surface area contributed by atoms with Crippen molar-refractivity contribution in [2.24, 2.45) is 0 Å². The van der Waals surface area contributed by atoms with Crippen molar-refractivity contribution in [1.82, 2.24) is 4.90 Å². The summed E-state index contributed by atoms with van der Waals surface area (Å²) in [5.41, 5.74) is 0.518. The van der Waals surface area contributed by atoms with Crippen LogP contribution < -0.4 is 4.74 Å². The summed E-state index contributed by atoms with van der Waals surface area (Å²) in [6, 6.07) is 9.08. The number of carbonyl (C=O) groups excluding carboxylic acids is 2. The Kier molecular flexibility index (Phi) is 4.79. The van der Waals surface area contributed by atoms with E-state index in [1.807, 2.05) is 0 Å². The van der Waals surface area contributed by atoms with Gasteiger partial charge in [0.1, 0.15) is 5.75 Å². The van der Waals surface area contributed by atoms with Gasteiger partial charge < -0.3 is 9.64 Å². The smallest absolute Gasteiger partial charge is 0.254 e. The van der Waals surface area contributed by atoms with E-state index >= 15 is 0 Å². The van der Waals surface area contributed by atoms with Gasteiger partial charge in [-0.05, 0) is 55.3 Å². The highest BCUT2D eigenvalue weighted by Crippen LogP contribution is 2.25. The molecule has 1 aliphatic heterocycles. The van der Waals surface area contributed by atoms with Crippen molar-refractivity contribution in [3.63, 3.8) is 0 Å². The lowest BCUT2D eigenvalue weighted by atomic mass is 10.0. The Bertz CT molecular complexity index is 805. The Morgan fingerprint density at radius 3 is 2.36 bits per heavy atom. The number of halogens is 2. The van der Waals surface area contributed by atoms with Gasteiger partial charge in [-0.2, -0.15) is 0 Å². The lowest BCUT2D eigenvalue weighted by Gasteiger charge is -2.24. The lowest BCUT2D eigenvalue weighted by molar-refractivity contribution is 0.0671. The van der Waals surface area contributed by atoms with Crippen LogP contribution in [0.5, 0.6) is 5.75 Å². The largest absolute Gasteiger partial charge is 0.497 e. The molecule has 130 valence electrons. The number of likely N-dealkylation sites (tertiary alicyclic amines) is 1. The summed E-state index contributed by atoms with van der Waals surface area (Å²) in [4.78, 5) is 26.8. The SMILES string of the molecule is COc1ccc(C(=O)C2CCCN2C(=O)c2ccc(F)c(F)c2)cc1. The quantitative estimate of drug-likeness (QED) is 0.797. The molecule has 3 rings (SSSR count). The van der Waals surface area contributed by atoms with Gasteiger partial charge in [0.2, 0.25) is 0 Å². The fraction of sp³-hybridized carbons (Fsp3) is 0.263. The van der Waals surface area contributed by atoms with Crippen LogP contribution in [0.4, 0.5) is 8.78 Å². The van der Waals surface area contributed by atoms with Crippen molar-refractivity contribution in [3.05, 3.63) is 65.2 Å². The lowest BCUT2D eigenvalue weighted by Crippen LogP contribution is -2.40. The van der Waals surface area contributed by atoms with Crippen LogP contribution in [0.1, 0.15) is 33.6 Å². The van der Waals surface area contributed by atoms with Crippen LogP contribution in [0.15, 0.2) is 42.5 Å². The molecule has 0 radical (unpaired) electrons. The van der Waals surface area contributed by atoms with Crippen molar-refractivity contribution in [3.8, 4) is 5.75 Å². The van der Waals surface area contributed by atoms with Crippen molar-refractivity contribution in [2.75, 3.05) is 13.7 Å². The molecule has 0 aromatic heterocycles. The van der Waals surface area contributed by atoms with Crippen molar-refractivity contribution >= 4 is 11.7 Å². The van der Waals surface area contributed by atoms with E-state index in [-0.39, 0.29) is 11.3 Å². The highest BCUT2D eigenvalue weighted by molar-refractivity contribution is 6.04. The van der Waals surface area contributed by atoms with Crippen LogP contribution in [0.2, 0.25) is 0 Å². The van der Waals surface area contributed by atoms with Gasteiger partial charge in [0.05, 0.1) is 13.2 Å². The van der Waals surface area contributed by atoms with Gasteiger partial charge in [-0.1, -0.05) is 0 Å². The number of benzene rings is 2. The number of ketones is 1. The number of amides is 1. The molecule has 0 bridgehead atoms. The predicted octanol–water partition coefficient (Wildman–Crippen LogP) is 3.46. The van der Waals surface area contributed by atoms with Gasteiger partial charge in [0.15, 0.2) is 17.4 Å². The summed E-state index contributed by atoms with van der Waals surface area (Å²) >= 11 is 0. The average Bonchev–Trinajstić information content (AvgIpc) is 3.12. The number of nitrogens with zero attached hydrogens (tertiary/aromatic N) is 1. The first kappa shape index (κ1) is 17.1. The number of Topliss-reactive ketones (excluding diaryl/α,β-unsaturated/α-hetero) is 1. The van der Waals surface area contributed by atoms with Gasteiger partial charge in [-0.3, -0.25) is 9.59 Å². The molecule has 1 aliphatic rings. The van der Waals surface area contributed by atoms with E-state index in [1.165, 1.54) is 18.1 Å². The molecule has 1 fully saturated rings. The maximum atomic E-state index is 13.4. The highest BCUT2D eigenvalue weighted by atomic mass is 19.2. The van der Waals surface area contributed by atoms with E-state index in [2.05, 4.69) is 0 Å². The van der Waals surface area contributed by atoms with E-state index in [0.717, 1.165) is 12.1 Å². The molecule has 0 saturated carbocycles. The number of methoxy groups -OCH3 is 1. The van der Waals surface area contributed by atoms with Crippen molar-refractivity contribution in [1.29, 1.82) is 0 Å². The second kappa shape index (κ2) is 7.01. The molecule has 2 aromatic carbocycles. The normalized spacial score (nSPS) is 16.8. The van der Waals surface area contributed by atoms with E-state index in [0.29, 0.717) is 30.7 Å². The summed E-state index contributed by atoms with van der Waals surface area (Å²) in [6.07, 6.45) is 1.22. The Morgan fingerprint density at radius 2 is 1.72 bits per heavy atom. The molecule has 1 saturated heterocycles. The molecule has 0 aliphatic carbocycles. The Hall–Kier alpha value is -2.76. The van der Waals surface area contributed by atoms with E-state index in [9.17, 15) is 18.4 Å². The number of hydrogen-bond donors (Lipinski definition) is 0. The van der Waals surface area contributed by atoms with E-state index in [4.69, 9.17) is 4.74 Å². The first-order chi connectivity index (χ1) is 12.0. The average molecular weight is 345 g/mol. The van der Waals surface area contributed by atoms with Gasteiger partial charge in [0, 0.05) is 17.7 Å². The predicted molar refractivity (Wildman–Crippen MR) is 87.7 cm³/mol. The maximum Gasteiger partial charge on any atom is 0.254 e. The van der Waals surface area contributed by atoms with Crippen LogP contribution in [0, 0.1) is 11.6 Å². The monoisotopic (exact) mass is 345 g/mol. The molecule has 25 heavy (non-hydrogen) atoms. The molecular weight excluding hydrogens is 328 g/mol. The van der Waals surface area contributed by atoms with Crippen LogP contribution in [0.3, 0.4) is 0 Å². The molecule has 0 N–H and O–H groups in total. The van der Waals surface area contributed by atoms with Crippen LogP contribution in [-0.4, -0.2) is 36.3 Å². The van der Waals surface area contributed by atoms with Crippen LogP contribution in [-0.2, 0) is 0 Å². The number of rotatable bonds is 4. The molecule has 0 spiro atoms. The first-order valence-corrected chi connectivity index (χ1v) is 7.95. The van der Waals surface area contributed by atoms with Gasteiger partial charge >= 0.3 is 0 Å². The standard InChI is InChI=1S/C19H17F2NO3/c1-25-14-7-4-12(5-8-14)18(23)17-3-2-10-22(17)19(24)13-6-9-15(20)16(21)11-13/h4-9,11,17H,2-3,10H2,1H3. The highest BCUT2D eigenvalue weighted by Gasteiger charge is 2.35. The summed E-state index contributed by atoms with van der Waals surface area (Å²) in [5, 5.41) is 0. The van der Waals surface area contributed by atoms with Gasteiger partial charge in [-0.25, -0.2) is 8.78 Å². The molecule has 1 amide bonds. The third-order valence-electron chi connectivity index (χ3n) is 4.36. The minimum Gasteiger partial charge on any atom is -0.497 e. The zero-order valence-electron chi connectivity index (χ0n) is 13.7. The molecular formula is C19H17F2NO3. The van der Waals surface area contributed by atoms with Crippen LogP contribution in [0.25, 0.3) is 0 Å². The summed E-state index contributed by atoms with van der Waals surface area (Å²) < 4.78 is 31.5. The van der Waals surface area contributed by atoms with E-state index < -0.39 is 23.6 Å². The summed E-state index contributed by atoms with van der Waals surface area (Å²) in [6.45, 7) is 0.407. The second-order valence-corrected chi connectivity index (χ2v) is 5.88. The van der Waals surface area contributed by atoms with Gasteiger partial charge in [0.25, 0.3) is 5.91 Å². The zero-order chi connectivity index (χ0) is 18.0. The Balaban J connectivity index is 1.82. The minimum atomic E-state index is -1.08. The summed E-state index contributed by atoms with van der Waals surface area (Å²) in [5.74, 6) is -2.09.